The van der Waals surface area contributed by atoms with Crippen LogP contribution in [0.15, 0.2) is 18.5 Å². The Labute approximate surface area is 119 Å². The number of thiazole rings is 1. The predicted molar refractivity (Wildman–Crippen MR) is 74.2 cm³/mol. The molecule has 0 saturated heterocycles. The lowest BCUT2D eigenvalue weighted by molar-refractivity contribution is 0.0591. The molecule has 0 atom stereocenters. The van der Waals surface area contributed by atoms with Crippen LogP contribution in [0.25, 0.3) is 0 Å². The van der Waals surface area contributed by atoms with E-state index in [1.54, 1.807) is 10.9 Å². The van der Waals surface area contributed by atoms with Crippen LogP contribution in [0.2, 0.25) is 0 Å². The number of hydrogen-bond donors (Lipinski definition) is 1. The molecule has 0 unspecified atom stereocenters. The van der Waals surface area contributed by atoms with Crippen LogP contribution in [0.3, 0.4) is 0 Å². The summed E-state index contributed by atoms with van der Waals surface area (Å²) in [6.45, 7) is 2.65. The van der Waals surface area contributed by atoms with Crippen LogP contribution in [0.4, 0.5) is 5.13 Å². The van der Waals surface area contributed by atoms with Crippen LogP contribution < -0.4 is 5.32 Å². The van der Waals surface area contributed by atoms with Crippen molar-refractivity contribution in [1.29, 1.82) is 0 Å². The molecule has 0 bridgehead atoms. The fraction of sp³-hybridized carbons (Fsp3) is 0.333. The van der Waals surface area contributed by atoms with Gasteiger partial charge in [0.1, 0.15) is 4.88 Å². The molecule has 7 nitrogen and oxygen atoms in total. The van der Waals surface area contributed by atoms with Gasteiger partial charge in [-0.05, 0) is 6.07 Å². The average molecular weight is 294 g/mol. The number of nitrogens with zero attached hydrogens (tertiary/aromatic N) is 3. The molecule has 0 aromatic carbocycles. The molecule has 0 fully saturated rings. The number of carbonyl (C=O) groups excluding carboxylic acids is 2. The Morgan fingerprint density at radius 3 is 2.90 bits per heavy atom. The van der Waals surface area contributed by atoms with E-state index >= 15 is 0 Å². The third-order valence-electron chi connectivity index (χ3n) is 2.50. The van der Waals surface area contributed by atoms with Crippen LogP contribution in [0.5, 0.6) is 0 Å². The van der Waals surface area contributed by atoms with E-state index < -0.39 is 5.97 Å². The highest BCUT2D eigenvalue weighted by molar-refractivity contribution is 7.17. The first-order chi connectivity index (χ1) is 9.61. The van der Waals surface area contributed by atoms with E-state index in [0.717, 1.165) is 11.3 Å². The summed E-state index contributed by atoms with van der Waals surface area (Å²) < 4.78 is 6.39. The molecule has 2 aromatic rings. The van der Waals surface area contributed by atoms with Crippen molar-refractivity contribution in [2.45, 2.75) is 13.5 Å². The summed E-state index contributed by atoms with van der Waals surface area (Å²) in [5, 5.41) is 7.65. The predicted octanol–water partition coefficient (Wildman–Crippen LogP) is 1.44. The van der Waals surface area contributed by atoms with E-state index in [1.165, 1.54) is 14.0 Å². The maximum absolute atomic E-state index is 11.5. The van der Waals surface area contributed by atoms with Crippen LogP contribution in [0.1, 0.15) is 27.1 Å². The normalized spacial score (nSPS) is 10.3. The minimum atomic E-state index is -0.605. The second kappa shape index (κ2) is 6.29. The van der Waals surface area contributed by atoms with Gasteiger partial charge in [-0.1, -0.05) is 11.3 Å². The van der Waals surface area contributed by atoms with Gasteiger partial charge in [-0.2, -0.15) is 5.10 Å². The Morgan fingerprint density at radius 1 is 1.50 bits per heavy atom. The molecule has 0 saturated carbocycles. The number of Topliss-reactive ketones (excluding diaryl/α,β-unsaturated/α-hetero) is 1. The number of hydrogen-bond acceptors (Lipinski definition) is 7. The van der Waals surface area contributed by atoms with Crippen molar-refractivity contribution in [3.8, 4) is 0 Å². The van der Waals surface area contributed by atoms with Crippen molar-refractivity contribution in [3.63, 3.8) is 0 Å². The zero-order valence-electron chi connectivity index (χ0n) is 11.1. The Morgan fingerprint density at radius 2 is 2.30 bits per heavy atom. The molecular weight excluding hydrogens is 280 g/mol. The van der Waals surface area contributed by atoms with Crippen LogP contribution in [-0.2, 0) is 11.3 Å². The maximum Gasteiger partial charge on any atom is 0.358 e. The third kappa shape index (κ3) is 3.21. The Bertz CT molecular complexity index is 606. The highest BCUT2D eigenvalue weighted by atomic mass is 32.1. The van der Waals surface area contributed by atoms with Gasteiger partial charge in [0, 0.05) is 25.9 Å². The fourth-order valence-electron chi connectivity index (χ4n) is 1.58. The van der Waals surface area contributed by atoms with Gasteiger partial charge >= 0.3 is 5.97 Å². The number of ether oxygens (including phenoxy) is 1. The van der Waals surface area contributed by atoms with Crippen molar-refractivity contribution in [2.75, 3.05) is 19.0 Å². The Balaban J connectivity index is 2.04. The summed E-state index contributed by atoms with van der Waals surface area (Å²) in [4.78, 5) is 27.4. The van der Waals surface area contributed by atoms with E-state index in [1.807, 2.05) is 12.3 Å². The van der Waals surface area contributed by atoms with Crippen LogP contribution in [0, 0.1) is 0 Å². The second-order valence-corrected chi connectivity index (χ2v) is 4.94. The van der Waals surface area contributed by atoms with Crippen molar-refractivity contribution >= 4 is 28.2 Å². The monoisotopic (exact) mass is 294 g/mol. The largest absolute Gasteiger partial charge is 0.464 e. The number of aromatic nitrogens is 3. The standard InChI is InChI=1S/C12H14N4O3S/c1-8(17)10-9(11(18)19-2)15-12(20-10)13-5-7-16-6-3-4-14-16/h3-4,6H,5,7H2,1-2H3,(H,13,15). The number of methoxy groups -OCH3 is 1. The number of rotatable bonds is 6. The number of esters is 1. The molecular formula is C12H14N4O3S. The van der Waals surface area contributed by atoms with Crippen LogP contribution in [-0.4, -0.2) is 40.2 Å². The maximum atomic E-state index is 11.5. The lowest BCUT2D eigenvalue weighted by Gasteiger charge is -2.02. The fourth-order valence-corrected chi connectivity index (χ4v) is 2.45. The van der Waals surface area contributed by atoms with Gasteiger partial charge in [-0.3, -0.25) is 9.48 Å². The molecule has 2 rings (SSSR count). The van der Waals surface area contributed by atoms with Crippen molar-refractivity contribution in [2.24, 2.45) is 0 Å². The first-order valence-corrected chi connectivity index (χ1v) is 6.75. The first kappa shape index (κ1) is 14.2. The van der Waals surface area contributed by atoms with Gasteiger partial charge in [-0.25, -0.2) is 9.78 Å². The molecule has 2 aromatic heterocycles. The van der Waals surface area contributed by atoms with Gasteiger partial charge in [-0.15, -0.1) is 0 Å². The summed E-state index contributed by atoms with van der Waals surface area (Å²) in [5.41, 5.74) is 0.0617. The van der Waals surface area contributed by atoms with E-state index in [2.05, 4.69) is 20.1 Å². The Hall–Kier alpha value is -2.22. The molecule has 0 amide bonds. The molecule has 0 aliphatic carbocycles. The molecule has 0 spiro atoms. The molecule has 0 radical (unpaired) electrons. The molecule has 0 aliphatic heterocycles. The summed E-state index contributed by atoms with van der Waals surface area (Å²) >= 11 is 1.15. The molecule has 0 aliphatic rings. The number of anilines is 1. The molecule has 1 N–H and O–H groups in total. The lowest BCUT2D eigenvalue weighted by atomic mass is 10.3. The highest BCUT2D eigenvalue weighted by Gasteiger charge is 2.21. The van der Waals surface area contributed by atoms with Gasteiger partial charge < -0.3 is 10.1 Å². The van der Waals surface area contributed by atoms with E-state index in [9.17, 15) is 9.59 Å². The first-order valence-electron chi connectivity index (χ1n) is 5.93. The Kier molecular flexibility index (Phi) is 4.46. The molecule has 2 heterocycles. The average Bonchev–Trinajstić information content (AvgIpc) is 3.07. The molecule has 8 heteroatoms. The van der Waals surface area contributed by atoms with Gasteiger partial charge in [0.05, 0.1) is 13.7 Å². The van der Waals surface area contributed by atoms with Gasteiger partial charge in [0.2, 0.25) is 0 Å². The second-order valence-electron chi connectivity index (χ2n) is 3.94. The highest BCUT2D eigenvalue weighted by Crippen LogP contribution is 2.24. The summed E-state index contributed by atoms with van der Waals surface area (Å²) in [5.74, 6) is -0.811. The van der Waals surface area contributed by atoms with Crippen molar-refractivity contribution in [3.05, 3.63) is 29.0 Å². The van der Waals surface area contributed by atoms with Gasteiger partial charge in [0.15, 0.2) is 16.6 Å². The van der Waals surface area contributed by atoms with Crippen molar-refractivity contribution in [1.82, 2.24) is 14.8 Å². The summed E-state index contributed by atoms with van der Waals surface area (Å²) in [6.07, 6.45) is 3.55. The van der Waals surface area contributed by atoms with Gasteiger partial charge in [0.25, 0.3) is 0 Å². The van der Waals surface area contributed by atoms with Crippen molar-refractivity contribution < 1.29 is 14.3 Å². The van der Waals surface area contributed by atoms with E-state index in [-0.39, 0.29) is 11.5 Å². The smallest absolute Gasteiger partial charge is 0.358 e. The van der Waals surface area contributed by atoms with Crippen LogP contribution >= 0.6 is 11.3 Å². The number of carbonyl (C=O) groups is 2. The summed E-state index contributed by atoms with van der Waals surface area (Å²) in [7, 11) is 1.26. The van der Waals surface area contributed by atoms with E-state index in [4.69, 9.17) is 0 Å². The third-order valence-corrected chi connectivity index (χ3v) is 3.62. The number of nitrogens with one attached hydrogen (secondary N) is 1. The zero-order valence-corrected chi connectivity index (χ0v) is 11.9. The number of ketones is 1. The lowest BCUT2D eigenvalue weighted by Crippen LogP contribution is -2.11. The summed E-state index contributed by atoms with van der Waals surface area (Å²) in [6, 6.07) is 1.84. The molecule has 106 valence electrons. The quantitative estimate of drug-likeness (QED) is 0.641. The topological polar surface area (TPSA) is 86.1 Å². The minimum absolute atomic E-state index is 0.0617. The van der Waals surface area contributed by atoms with E-state index in [0.29, 0.717) is 23.1 Å². The SMILES string of the molecule is COC(=O)c1nc(NCCn2cccn2)sc1C(C)=O. The zero-order chi connectivity index (χ0) is 14.5. The minimum Gasteiger partial charge on any atom is -0.464 e. The molecule has 20 heavy (non-hydrogen) atoms.